The van der Waals surface area contributed by atoms with Crippen LogP contribution in [-0.2, 0) is 22.1 Å². The molecule has 2 aliphatic heterocycles. The van der Waals surface area contributed by atoms with Gasteiger partial charge in [0.1, 0.15) is 28.7 Å². The van der Waals surface area contributed by atoms with Crippen LogP contribution in [0.25, 0.3) is 11.3 Å². The zero-order valence-corrected chi connectivity index (χ0v) is 30.8. The summed E-state index contributed by atoms with van der Waals surface area (Å²) in [5, 5.41) is 6.48. The highest BCUT2D eigenvalue weighted by Gasteiger charge is 2.46. The maximum Gasteiger partial charge on any atom is 0.408 e. The first kappa shape index (κ1) is 36.4. The van der Waals surface area contributed by atoms with E-state index in [1.54, 1.807) is 6.20 Å². The number of aromatic nitrogens is 2. The molecule has 2 N–H and O–H groups in total. The van der Waals surface area contributed by atoms with Crippen molar-refractivity contribution in [2.24, 2.45) is 5.92 Å². The zero-order chi connectivity index (χ0) is 35.9. The lowest BCUT2D eigenvalue weighted by molar-refractivity contribution is 0.0336. The van der Waals surface area contributed by atoms with Crippen molar-refractivity contribution in [2.75, 3.05) is 29.9 Å². The second-order valence-electron chi connectivity index (χ2n) is 15.5. The summed E-state index contributed by atoms with van der Waals surface area (Å²) in [6.07, 6.45) is 1.55. The minimum absolute atomic E-state index is 0.0128. The first-order valence-electron chi connectivity index (χ1n) is 16.8. The molecule has 1 aromatic carbocycles. The highest BCUT2D eigenvalue weighted by molar-refractivity contribution is 6.74. The number of hydrogen-bond donors (Lipinski definition) is 2. The second kappa shape index (κ2) is 13.8. The molecular weight excluding hydrogens is 652 g/mol. The van der Waals surface area contributed by atoms with Gasteiger partial charge >= 0.3 is 6.09 Å². The quantitative estimate of drug-likeness (QED) is 0.230. The number of halogens is 3. The van der Waals surface area contributed by atoms with Crippen LogP contribution in [0.2, 0.25) is 18.1 Å². The van der Waals surface area contributed by atoms with Crippen molar-refractivity contribution >= 4 is 25.8 Å². The lowest BCUT2D eigenvalue weighted by Gasteiger charge is -2.49. The summed E-state index contributed by atoms with van der Waals surface area (Å²) in [5.74, 6) is -2.07. The molecule has 4 heterocycles. The number of carbonyl (C=O) groups excluding carboxylic acids is 1. The number of rotatable bonds is 8. The van der Waals surface area contributed by atoms with E-state index in [1.165, 1.54) is 12.1 Å². The minimum atomic E-state index is -2.23. The van der Waals surface area contributed by atoms with E-state index in [4.69, 9.17) is 13.9 Å². The van der Waals surface area contributed by atoms with Gasteiger partial charge in [-0.1, -0.05) is 33.8 Å². The summed E-state index contributed by atoms with van der Waals surface area (Å²) in [4.78, 5) is 24.2. The Morgan fingerprint density at radius 1 is 1.04 bits per heavy atom. The normalized spacial score (nSPS) is 19.7. The van der Waals surface area contributed by atoms with Crippen molar-refractivity contribution < 1.29 is 31.9 Å². The number of benzene rings is 1. The monoisotopic (exact) mass is 699 g/mol. The fourth-order valence-electron chi connectivity index (χ4n) is 6.03. The largest absolute Gasteiger partial charge is 0.477 e. The number of carbonyl (C=O) groups is 1. The molecule has 2 aliphatic rings. The van der Waals surface area contributed by atoms with Crippen LogP contribution < -0.4 is 20.3 Å². The topological polar surface area (TPSA) is 97.8 Å². The van der Waals surface area contributed by atoms with Crippen LogP contribution in [0.5, 0.6) is 5.88 Å². The Balaban J connectivity index is 1.46. The van der Waals surface area contributed by atoms with Crippen LogP contribution in [0.4, 0.5) is 29.3 Å². The molecule has 0 unspecified atom stereocenters. The molecule has 1 fully saturated rings. The predicted octanol–water partition coefficient (Wildman–Crippen LogP) is 7.85. The molecule has 0 spiro atoms. The molecule has 1 amide bonds. The molecule has 2 aromatic heterocycles. The molecule has 3 aromatic rings. The molecule has 0 bridgehead atoms. The van der Waals surface area contributed by atoms with Gasteiger partial charge in [-0.2, -0.15) is 0 Å². The Labute approximate surface area is 288 Å². The summed E-state index contributed by atoms with van der Waals surface area (Å²) in [6, 6.07) is 5.59. The van der Waals surface area contributed by atoms with Crippen LogP contribution in [0.3, 0.4) is 0 Å². The van der Waals surface area contributed by atoms with E-state index in [1.807, 2.05) is 20.8 Å². The van der Waals surface area contributed by atoms with Crippen molar-refractivity contribution in [3.63, 3.8) is 0 Å². The first-order chi connectivity index (χ1) is 22.8. The maximum atomic E-state index is 14.8. The third-order valence-corrected chi connectivity index (χ3v) is 13.9. The van der Waals surface area contributed by atoms with E-state index in [9.17, 15) is 18.0 Å². The molecule has 5 rings (SSSR count). The van der Waals surface area contributed by atoms with Gasteiger partial charge in [-0.15, -0.1) is 0 Å². The van der Waals surface area contributed by atoms with Gasteiger partial charge in [-0.3, -0.25) is 0 Å². The fraction of sp³-hybridized carbons (Fsp3) is 0.528. The molecule has 266 valence electrons. The molecular formula is C36H48F3N5O4Si. The number of ether oxygens (including phenoxy) is 2. The molecule has 0 aliphatic carbocycles. The lowest BCUT2D eigenvalue weighted by Crippen LogP contribution is -2.63. The molecule has 13 heteroatoms. The van der Waals surface area contributed by atoms with Crippen LogP contribution >= 0.6 is 0 Å². The Hall–Kier alpha value is -3.84. The van der Waals surface area contributed by atoms with E-state index in [-0.39, 0.29) is 23.6 Å². The van der Waals surface area contributed by atoms with Crippen LogP contribution in [0, 0.1) is 23.4 Å². The highest BCUT2D eigenvalue weighted by Crippen LogP contribution is 2.43. The Kier molecular flexibility index (Phi) is 10.3. The number of anilines is 2. The van der Waals surface area contributed by atoms with Gasteiger partial charge in [0, 0.05) is 31.0 Å². The number of hydrogen-bond acceptors (Lipinski definition) is 8. The van der Waals surface area contributed by atoms with Crippen LogP contribution in [0.15, 0.2) is 36.5 Å². The number of nitrogens with zero attached hydrogens (tertiary/aromatic N) is 3. The number of nitrogens with one attached hydrogen (secondary N) is 2. The Bertz CT molecular complexity index is 1670. The summed E-state index contributed by atoms with van der Waals surface area (Å²) < 4.78 is 62.4. The van der Waals surface area contributed by atoms with Crippen molar-refractivity contribution in [3.05, 3.63) is 65.2 Å². The molecule has 1 saturated heterocycles. The van der Waals surface area contributed by atoms with Crippen molar-refractivity contribution in [1.29, 1.82) is 0 Å². The third-order valence-electron chi connectivity index (χ3n) is 9.40. The van der Waals surface area contributed by atoms with Gasteiger partial charge in [0.05, 0.1) is 54.1 Å². The third kappa shape index (κ3) is 8.15. The number of piperidine rings is 1. The van der Waals surface area contributed by atoms with Crippen molar-refractivity contribution in [2.45, 2.75) is 97.3 Å². The van der Waals surface area contributed by atoms with Gasteiger partial charge in [0.2, 0.25) is 5.88 Å². The smallest absolute Gasteiger partial charge is 0.408 e. The molecule has 9 nitrogen and oxygen atoms in total. The van der Waals surface area contributed by atoms with Gasteiger partial charge in [0.25, 0.3) is 0 Å². The SMILES string of the molecule is C[C@H]1CN(c2c(NCc3ccc(F)c(-c4c(F)cccc4F)n3)cnc3c2CCO3)C[C@@H](NC(=O)OC(C)(C)C)[C@@H]1O[Si](C)(C)C(C)(C)C. The van der Waals surface area contributed by atoms with Crippen LogP contribution in [0.1, 0.15) is 59.7 Å². The lowest BCUT2D eigenvalue weighted by atomic mass is 9.91. The maximum absolute atomic E-state index is 14.8. The highest BCUT2D eigenvalue weighted by atomic mass is 28.4. The number of pyridine rings is 2. The van der Waals surface area contributed by atoms with E-state index in [0.29, 0.717) is 43.4 Å². The van der Waals surface area contributed by atoms with E-state index >= 15 is 0 Å². The second-order valence-corrected chi connectivity index (χ2v) is 20.2. The van der Waals surface area contributed by atoms with E-state index in [0.717, 1.165) is 29.4 Å². The molecule has 0 radical (unpaired) electrons. The van der Waals surface area contributed by atoms with Gasteiger partial charge in [-0.05, 0) is 63.2 Å². The van der Waals surface area contributed by atoms with Crippen molar-refractivity contribution in [3.8, 4) is 17.1 Å². The average molecular weight is 700 g/mol. The predicted molar refractivity (Wildman–Crippen MR) is 187 cm³/mol. The van der Waals surface area contributed by atoms with E-state index in [2.05, 4.69) is 66.3 Å². The van der Waals surface area contributed by atoms with Crippen LogP contribution in [-0.4, -0.2) is 61.8 Å². The first-order valence-corrected chi connectivity index (χ1v) is 19.7. The molecule has 49 heavy (non-hydrogen) atoms. The Morgan fingerprint density at radius 3 is 2.39 bits per heavy atom. The summed E-state index contributed by atoms with van der Waals surface area (Å²) >= 11 is 0. The van der Waals surface area contributed by atoms with Gasteiger partial charge < -0.3 is 29.4 Å². The van der Waals surface area contributed by atoms with Gasteiger partial charge in [-0.25, -0.2) is 27.9 Å². The molecule has 3 atom stereocenters. The zero-order valence-electron chi connectivity index (χ0n) is 29.8. The summed E-state index contributed by atoms with van der Waals surface area (Å²) in [5.41, 5.74) is 1.27. The summed E-state index contributed by atoms with van der Waals surface area (Å²) in [7, 11) is -2.23. The fourth-order valence-corrected chi connectivity index (χ4v) is 7.46. The van der Waals surface area contributed by atoms with E-state index < -0.39 is 54.8 Å². The Morgan fingerprint density at radius 2 is 1.73 bits per heavy atom. The average Bonchev–Trinajstić information content (AvgIpc) is 3.46. The molecule has 0 saturated carbocycles. The number of amides is 1. The van der Waals surface area contributed by atoms with Crippen molar-refractivity contribution in [1.82, 2.24) is 15.3 Å². The standard InChI is InChI=1S/C36H48F3N5O4Si/c1-21-19-44(20-28(43-34(45)47-35(2,3)4)32(21)48-49(8,9)36(5,6)7)31-23-15-16-46-33(23)41-18-27(31)40-17-22-13-14-26(39)30(42-22)29-24(37)11-10-12-25(29)38/h10-14,18,21,28,32,40H,15-17,19-20H2,1-9H3,(H,43,45)/t21-,28+,32+/m0/s1. The van der Waals surface area contributed by atoms with Gasteiger partial charge in [0.15, 0.2) is 8.32 Å². The number of fused-ring (bicyclic) bond motifs is 1. The number of alkyl carbamates (subject to hydrolysis) is 1. The summed E-state index contributed by atoms with van der Waals surface area (Å²) in [6.45, 7) is 20.3. The minimum Gasteiger partial charge on any atom is -0.477 e.